The summed E-state index contributed by atoms with van der Waals surface area (Å²) in [7, 11) is 1.55. The predicted octanol–water partition coefficient (Wildman–Crippen LogP) is 4.49. The van der Waals surface area contributed by atoms with Gasteiger partial charge in [0, 0.05) is 23.4 Å². The molecule has 4 aromatic rings. The first-order valence-electron chi connectivity index (χ1n) is 13.1. The third kappa shape index (κ3) is 5.94. The summed E-state index contributed by atoms with van der Waals surface area (Å²) in [6.45, 7) is 5.67. The molecule has 0 bridgehead atoms. The Labute approximate surface area is 256 Å². The van der Waals surface area contributed by atoms with Gasteiger partial charge in [-0.3, -0.25) is 14.2 Å². The number of esters is 1. The Bertz CT molecular complexity index is 1940. The minimum absolute atomic E-state index is 0.185. The summed E-state index contributed by atoms with van der Waals surface area (Å²) in [6, 6.07) is 9.65. The third-order valence-electron chi connectivity index (χ3n) is 6.31. The van der Waals surface area contributed by atoms with Crippen molar-refractivity contribution in [2.45, 2.75) is 49.9 Å². The Morgan fingerprint density at radius 2 is 2.05 bits per heavy atom. The maximum atomic E-state index is 14.0. The number of nitrogens with zero attached hydrogens (tertiary/aromatic N) is 3. The monoisotopic (exact) mass is 670 g/mol. The van der Waals surface area contributed by atoms with Gasteiger partial charge in [-0.05, 0) is 60.1 Å². The van der Waals surface area contributed by atoms with E-state index >= 15 is 0 Å². The molecule has 13 heteroatoms. The number of carbonyl (C=O) groups is 1. The summed E-state index contributed by atoms with van der Waals surface area (Å²) in [6.07, 6.45) is 2.92. The second-order valence-corrected chi connectivity index (χ2v) is 12.1. The standard InChI is InChI=1S/C29H27BrN4O6S2/c1-5-9-19-23(26(37)39-6-2)24(17-10-7-8-11-20(17)38-4)34-25(36)21(41-29(34)32-19)14-16-13-18(30)27(40-16)42-28-31-15(3)12-22(35)33-28/h7-8,10-14,24H,5-6,9H2,1-4H3,(H,31,33,35)/b21-14+/t24-/m1/s1. The number of para-hydroxylation sites is 1. The number of hydrogen-bond acceptors (Lipinski definition) is 10. The number of rotatable bonds is 9. The minimum Gasteiger partial charge on any atom is -0.496 e. The van der Waals surface area contributed by atoms with Gasteiger partial charge in [-0.2, -0.15) is 0 Å². The number of thiazole rings is 1. The topological polar surface area (TPSA) is 129 Å². The van der Waals surface area contributed by atoms with Gasteiger partial charge in [0.1, 0.15) is 17.6 Å². The Morgan fingerprint density at radius 3 is 2.76 bits per heavy atom. The van der Waals surface area contributed by atoms with Crippen molar-refractivity contribution in [2.24, 2.45) is 4.99 Å². The van der Waals surface area contributed by atoms with Gasteiger partial charge in [-0.1, -0.05) is 42.9 Å². The van der Waals surface area contributed by atoms with E-state index in [4.69, 9.17) is 18.9 Å². The SMILES string of the molecule is CCCC1=C(C(=O)OCC)[C@@H](c2ccccc2OC)n2c(s/c(=C/c3cc(Br)c(Sc4nc(C)cc(=O)[nH]4)o3)c2=O)=N1. The van der Waals surface area contributed by atoms with Gasteiger partial charge in [0.2, 0.25) is 0 Å². The Morgan fingerprint density at radius 1 is 1.26 bits per heavy atom. The van der Waals surface area contributed by atoms with Crippen molar-refractivity contribution >= 4 is 51.1 Å². The average molecular weight is 672 g/mol. The number of H-pyrrole nitrogens is 1. The number of carbonyl (C=O) groups excluding carboxylic acids is 1. The zero-order chi connectivity index (χ0) is 30.0. The van der Waals surface area contributed by atoms with Gasteiger partial charge in [-0.15, -0.1) is 0 Å². The number of benzene rings is 1. The van der Waals surface area contributed by atoms with Gasteiger partial charge in [0.25, 0.3) is 11.1 Å². The van der Waals surface area contributed by atoms with Gasteiger partial charge in [0.15, 0.2) is 15.1 Å². The van der Waals surface area contributed by atoms with Crippen molar-refractivity contribution in [3.8, 4) is 5.75 Å². The number of aryl methyl sites for hydroxylation is 1. The zero-order valence-electron chi connectivity index (χ0n) is 23.2. The molecule has 1 aliphatic rings. The summed E-state index contributed by atoms with van der Waals surface area (Å²) in [4.78, 5) is 51.5. The van der Waals surface area contributed by atoms with Crippen LogP contribution in [0.4, 0.5) is 0 Å². The smallest absolute Gasteiger partial charge is 0.338 e. The molecule has 1 atom stereocenters. The number of methoxy groups -OCH3 is 1. The molecular weight excluding hydrogens is 644 g/mol. The first-order chi connectivity index (χ1) is 20.2. The van der Waals surface area contributed by atoms with Crippen molar-refractivity contribution in [2.75, 3.05) is 13.7 Å². The van der Waals surface area contributed by atoms with E-state index in [1.165, 1.54) is 22.0 Å². The van der Waals surface area contributed by atoms with Crippen LogP contribution in [0.25, 0.3) is 6.08 Å². The van der Waals surface area contributed by atoms with Crippen molar-refractivity contribution in [3.63, 3.8) is 0 Å². The summed E-state index contributed by atoms with van der Waals surface area (Å²) < 4.78 is 19.6. The largest absolute Gasteiger partial charge is 0.496 e. The highest BCUT2D eigenvalue weighted by Crippen LogP contribution is 2.37. The van der Waals surface area contributed by atoms with E-state index in [0.29, 0.717) is 64.5 Å². The highest BCUT2D eigenvalue weighted by molar-refractivity contribution is 9.10. The molecule has 0 amide bonds. The second-order valence-electron chi connectivity index (χ2n) is 9.23. The van der Waals surface area contributed by atoms with Gasteiger partial charge >= 0.3 is 5.97 Å². The highest BCUT2D eigenvalue weighted by atomic mass is 79.9. The van der Waals surface area contributed by atoms with E-state index < -0.39 is 12.0 Å². The minimum atomic E-state index is -0.793. The molecule has 0 saturated heterocycles. The van der Waals surface area contributed by atoms with E-state index in [1.807, 2.05) is 25.1 Å². The van der Waals surface area contributed by atoms with Crippen molar-refractivity contribution in [1.82, 2.24) is 14.5 Å². The molecule has 1 aliphatic heterocycles. The lowest BCUT2D eigenvalue weighted by Crippen LogP contribution is -2.40. The third-order valence-corrected chi connectivity index (χ3v) is 9.02. The van der Waals surface area contributed by atoms with Crippen LogP contribution in [0.3, 0.4) is 0 Å². The predicted molar refractivity (Wildman–Crippen MR) is 163 cm³/mol. The fraction of sp³-hybridized carbons (Fsp3) is 0.276. The lowest BCUT2D eigenvalue weighted by molar-refractivity contribution is -0.139. The average Bonchev–Trinajstić information content (AvgIpc) is 3.45. The zero-order valence-corrected chi connectivity index (χ0v) is 26.4. The Hall–Kier alpha value is -3.68. The van der Waals surface area contributed by atoms with Gasteiger partial charge < -0.3 is 18.9 Å². The van der Waals surface area contributed by atoms with E-state index in [0.717, 1.165) is 18.2 Å². The molecule has 0 radical (unpaired) electrons. The Balaban J connectivity index is 1.66. The maximum Gasteiger partial charge on any atom is 0.338 e. The molecule has 3 aromatic heterocycles. The van der Waals surface area contributed by atoms with Crippen molar-refractivity contribution < 1.29 is 18.7 Å². The van der Waals surface area contributed by atoms with Gasteiger partial charge in [0.05, 0.1) is 34.0 Å². The number of furan rings is 1. The molecule has 0 aliphatic carbocycles. The van der Waals surface area contributed by atoms with Crippen LogP contribution in [-0.4, -0.2) is 34.2 Å². The van der Waals surface area contributed by atoms with Crippen molar-refractivity contribution in [1.29, 1.82) is 0 Å². The molecule has 218 valence electrons. The molecule has 0 fully saturated rings. The molecular formula is C29H27BrN4O6S2. The van der Waals surface area contributed by atoms with Crippen LogP contribution in [0, 0.1) is 6.92 Å². The fourth-order valence-corrected chi connectivity index (χ4v) is 6.99. The van der Waals surface area contributed by atoms with Crippen LogP contribution in [0.2, 0.25) is 0 Å². The Kier molecular flexibility index (Phi) is 8.99. The molecule has 5 rings (SSSR count). The quantitative estimate of drug-likeness (QED) is 0.204. The first-order valence-corrected chi connectivity index (χ1v) is 15.6. The highest BCUT2D eigenvalue weighted by Gasteiger charge is 2.35. The summed E-state index contributed by atoms with van der Waals surface area (Å²) >= 11 is 5.85. The number of aromatic amines is 1. The van der Waals surface area contributed by atoms with Gasteiger partial charge in [-0.25, -0.2) is 14.8 Å². The van der Waals surface area contributed by atoms with Crippen LogP contribution < -0.4 is 25.2 Å². The molecule has 0 unspecified atom stereocenters. The summed E-state index contributed by atoms with van der Waals surface area (Å²) in [5.74, 6) is 0.433. The van der Waals surface area contributed by atoms with E-state index in [-0.39, 0.29) is 17.7 Å². The maximum absolute atomic E-state index is 14.0. The number of fused-ring (bicyclic) bond motifs is 1. The molecule has 0 saturated carbocycles. The molecule has 0 spiro atoms. The normalized spacial score (nSPS) is 15.0. The summed E-state index contributed by atoms with van der Waals surface area (Å²) in [5.41, 5.74) is 1.54. The van der Waals surface area contributed by atoms with Crippen molar-refractivity contribution in [3.05, 3.63) is 99.2 Å². The van der Waals surface area contributed by atoms with Crippen LogP contribution in [-0.2, 0) is 9.53 Å². The lowest BCUT2D eigenvalue weighted by atomic mass is 9.93. The molecule has 10 nitrogen and oxygen atoms in total. The molecule has 1 aromatic carbocycles. The fourth-order valence-electron chi connectivity index (χ4n) is 4.63. The summed E-state index contributed by atoms with van der Waals surface area (Å²) in [5, 5.41) is 0.845. The van der Waals surface area contributed by atoms with Crippen LogP contribution in [0.15, 0.2) is 81.4 Å². The lowest BCUT2D eigenvalue weighted by Gasteiger charge is -2.26. The molecule has 42 heavy (non-hydrogen) atoms. The van der Waals surface area contributed by atoms with Crippen LogP contribution in [0.5, 0.6) is 5.75 Å². The van der Waals surface area contributed by atoms with E-state index in [1.54, 1.807) is 39.2 Å². The molecule has 1 N–H and O–H groups in total. The first kappa shape index (κ1) is 29.8. The molecule has 4 heterocycles. The number of hydrogen-bond donors (Lipinski definition) is 1. The number of nitrogens with one attached hydrogen (secondary N) is 1. The number of allylic oxidation sites excluding steroid dienone is 1. The van der Waals surface area contributed by atoms with Crippen LogP contribution in [0.1, 0.15) is 49.7 Å². The van der Waals surface area contributed by atoms with E-state index in [2.05, 4.69) is 25.9 Å². The number of halogens is 1. The van der Waals surface area contributed by atoms with E-state index in [9.17, 15) is 14.4 Å². The van der Waals surface area contributed by atoms with Crippen LogP contribution >= 0.6 is 39.0 Å². The second kappa shape index (κ2) is 12.7. The number of aromatic nitrogens is 3. The number of ether oxygens (including phenoxy) is 2.